The molecule has 0 unspecified atom stereocenters. The Kier molecular flexibility index (Phi) is 6.32. The van der Waals surface area contributed by atoms with Crippen molar-refractivity contribution in [3.63, 3.8) is 0 Å². The summed E-state index contributed by atoms with van der Waals surface area (Å²) >= 11 is 6.37. The number of nitrogens with zero attached hydrogens (tertiary/aromatic N) is 1. The van der Waals surface area contributed by atoms with E-state index in [0.29, 0.717) is 41.9 Å². The monoisotopic (exact) mass is 390 g/mol. The van der Waals surface area contributed by atoms with Gasteiger partial charge in [-0.1, -0.05) is 17.7 Å². The van der Waals surface area contributed by atoms with Gasteiger partial charge >= 0.3 is 0 Å². The lowest BCUT2D eigenvalue weighted by Gasteiger charge is -2.13. The molecule has 0 saturated heterocycles. The third-order valence-corrected chi connectivity index (χ3v) is 4.50. The average molecular weight is 391 g/mol. The van der Waals surface area contributed by atoms with Gasteiger partial charge in [-0.15, -0.1) is 0 Å². The Balaban J connectivity index is 1.54. The summed E-state index contributed by atoms with van der Waals surface area (Å²) in [7, 11) is 3.13. The molecule has 0 atom stereocenters. The van der Waals surface area contributed by atoms with Crippen LogP contribution in [-0.2, 0) is 13.0 Å². The Labute approximate surface area is 162 Å². The van der Waals surface area contributed by atoms with E-state index in [4.69, 9.17) is 25.5 Å². The van der Waals surface area contributed by atoms with Gasteiger partial charge in [0.1, 0.15) is 12.1 Å². The topological polar surface area (TPSA) is 56.5 Å². The van der Waals surface area contributed by atoms with E-state index < -0.39 is 0 Å². The Hall–Kier alpha value is -2.57. The molecule has 0 fully saturated rings. The lowest BCUT2D eigenvalue weighted by atomic mass is 10.2. The van der Waals surface area contributed by atoms with Crippen LogP contribution < -0.4 is 14.8 Å². The predicted molar refractivity (Wildman–Crippen MR) is 102 cm³/mol. The molecule has 2 aromatic carbocycles. The molecule has 7 heteroatoms. The van der Waals surface area contributed by atoms with Gasteiger partial charge in [-0.05, 0) is 35.9 Å². The molecule has 0 spiro atoms. The predicted octanol–water partition coefficient (Wildman–Crippen LogP) is 4.48. The molecular weight excluding hydrogens is 371 g/mol. The number of halogens is 2. The lowest BCUT2D eigenvalue weighted by molar-refractivity contribution is 0.354. The van der Waals surface area contributed by atoms with Gasteiger partial charge in [-0.3, -0.25) is 0 Å². The zero-order valence-corrected chi connectivity index (χ0v) is 15.8. The smallest absolute Gasteiger partial charge is 0.226 e. The molecule has 0 bridgehead atoms. The highest BCUT2D eigenvalue weighted by atomic mass is 35.5. The van der Waals surface area contributed by atoms with Crippen molar-refractivity contribution in [1.29, 1.82) is 0 Å². The van der Waals surface area contributed by atoms with Gasteiger partial charge < -0.3 is 19.2 Å². The van der Waals surface area contributed by atoms with E-state index in [0.717, 1.165) is 16.8 Å². The third kappa shape index (κ3) is 4.59. The SMILES string of the molecule is COc1ccc(CNCCc2coc(-c3ccc(F)cc3)n2)c(Cl)c1OC. The minimum absolute atomic E-state index is 0.288. The van der Waals surface area contributed by atoms with Crippen molar-refractivity contribution in [2.75, 3.05) is 20.8 Å². The number of methoxy groups -OCH3 is 2. The highest BCUT2D eigenvalue weighted by Crippen LogP contribution is 2.37. The number of rotatable bonds is 8. The minimum Gasteiger partial charge on any atom is -0.493 e. The van der Waals surface area contributed by atoms with Crippen molar-refractivity contribution in [2.24, 2.45) is 0 Å². The fourth-order valence-electron chi connectivity index (χ4n) is 2.65. The van der Waals surface area contributed by atoms with Crippen molar-refractivity contribution in [3.05, 3.63) is 64.8 Å². The van der Waals surface area contributed by atoms with Crippen LogP contribution in [0.4, 0.5) is 4.39 Å². The summed E-state index contributed by atoms with van der Waals surface area (Å²) < 4.78 is 29.0. The fraction of sp³-hybridized carbons (Fsp3) is 0.250. The van der Waals surface area contributed by atoms with E-state index in [9.17, 15) is 4.39 Å². The first-order chi connectivity index (χ1) is 13.1. The Morgan fingerprint density at radius 1 is 1.11 bits per heavy atom. The summed E-state index contributed by atoms with van der Waals surface area (Å²) in [5, 5.41) is 3.86. The number of aromatic nitrogens is 1. The fourth-order valence-corrected chi connectivity index (χ4v) is 2.95. The first kappa shape index (κ1) is 19.2. The summed E-state index contributed by atoms with van der Waals surface area (Å²) in [4.78, 5) is 4.43. The van der Waals surface area contributed by atoms with Crippen LogP contribution in [0, 0.1) is 5.82 Å². The number of nitrogens with one attached hydrogen (secondary N) is 1. The molecule has 3 rings (SSSR count). The van der Waals surface area contributed by atoms with Crippen LogP contribution in [0.25, 0.3) is 11.5 Å². The van der Waals surface area contributed by atoms with Crippen LogP contribution in [0.15, 0.2) is 47.1 Å². The molecule has 5 nitrogen and oxygen atoms in total. The van der Waals surface area contributed by atoms with Gasteiger partial charge in [0, 0.05) is 25.1 Å². The van der Waals surface area contributed by atoms with E-state index >= 15 is 0 Å². The number of hydrogen-bond donors (Lipinski definition) is 1. The summed E-state index contributed by atoms with van der Waals surface area (Å²) in [6.45, 7) is 1.28. The molecule has 0 saturated carbocycles. The van der Waals surface area contributed by atoms with Crippen molar-refractivity contribution >= 4 is 11.6 Å². The molecule has 1 aromatic heterocycles. The molecule has 27 heavy (non-hydrogen) atoms. The summed E-state index contributed by atoms with van der Waals surface area (Å²) in [6, 6.07) is 9.78. The van der Waals surface area contributed by atoms with Gasteiger partial charge in [0.2, 0.25) is 5.89 Å². The maximum absolute atomic E-state index is 13.0. The second kappa shape index (κ2) is 8.88. The quantitative estimate of drug-likeness (QED) is 0.574. The molecule has 0 amide bonds. The number of hydrogen-bond acceptors (Lipinski definition) is 5. The summed E-state index contributed by atoms with van der Waals surface area (Å²) in [5.74, 6) is 1.32. The van der Waals surface area contributed by atoms with Crippen molar-refractivity contribution in [2.45, 2.75) is 13.0 Å². The molecule has 0 radical (unpaired) electrons. The number of benzene rings is 2. The maximum Gasteiger partial charge on any atom is 0.226 e. The van der Waals surface area contributed by atoms with Crippen LogP contribution >= 0.6 is 11.6 Å². The normalized spacial score (nSPS) is 10.8. The molecule has 0 aliphatic carbocycles. The van der Waals surface area contributed by atoms with E-state index in [1.165, 1.54) is 12.1 Å². The molecule has 0 aliphatic heterocycles. The van der Waals surface area contributed by atoms with Gasteiger partial charge in [-0.25, -0.2) is 9.37 Å². The Bertz CT molecular complexity index is 897. The summed E-state index contributed by atoms with van der Waals surface area (Å²) in [6.07, 6.45) is 2.30. The van der Waals surface area contributed by atoms with Crippen molar-refractivity contribution in [1.82, 2.24) is 10.3 Å². The van der Waals surface area contributed by atoms with Gasteiger partial charge in [0.25, 0.3) is 0 Å². The zero-order chi connectivity index (χ0) is 19.2. The van der Waals surface area contributed by atoms with E-state index in [2.05, 4.69) is 10.3 Å². The molecular formula is C20H20ClFN2O3. The second-order valence-electron chi connectivity index (χ2n) is 5.85. The van der Waals surface area contributed by atoms with E-state index in [1.807, 2.05) is 12.1 Å². The van der Waals surface area contributed by atoms with Gasteiger partial charge in [-0.2, -0.15) is 0 Å². The first-order valence-corrected chi connectivity index (χ1v) is 8.80. The highest BCUT2D eigenvalue weighted by Gasteiger charge is 2.13. The van der Waals surface area contributed by atoms with Crippen LogP contribution in [0.2, 0.25) is 5.02 Å². The molecule has 3 aromatic rings. The maximum atomic E-state index is 13.0. The van der Waals surface area contributed by atoms with Crippen molar-refractivity contribution in [3.8, 4) is 23.0 Å². The minimum atomic E-state index is -0.288. The Morgan fingerprint density at radius 2 is 1.89 bits per heavy atom. The van der Waals surface area contributed by atoms with Gasteiger partial charge in [0.15, 0.2) is 11.5 Å². The van der Waals surface area contributed by atoms with Crippen molar-refractivity contribution < 1.29 is 18.3 Å². The van der Waals surface area contributed by atoms with E-state index in [-0.39, 0.29) is 5.82 Å². The average Bonchev–Trinajstić information content (AvgIpc) is 3.15. The van der Waals surface area contributed by atoms with Crippen LogP contribution in [0.3, 0.4) is 0 Å². The first-order valence-electron chi connectivity index (χ1n) is 8.42. The van der Waals surface area contributed by atoms with Crippen LogP contribution in [-0.4, -0.2) is 25.7 Å². The molecule has 142 valence electrons. The standard InChI is InChI=1S/C20H20ClFN2O3/c1-25-17-8-5-14(18(21)19(17)26-2)11-23-10-9-16-12-27-20(24-16)13-3-6-15(22)7-4-13/h3-8,12,23H,9-11H2,1-2H3. The number of ether oxygens (including phenoxy) is 2. The van der Waals surface area contributed by atoms with Crippen LogP contribution in [0.1, 0.15) is 11.3 Å². The highest BCUT2D eigenvalue weighted by molar-refractivity contribution is 6.33. The lowest BCUT2D eigenvalue weighted by Crippen LogP contribution is -2.17. The summed E-state index contributed by atoms with van der Waals surface area (Å²) in [5.41, 5.74) is 2.48. The second-order valence-corrected chi connectivity index (χ2v) is 6.23. The number of oxazole rings is 1. The third-order valence-electron chi connectivity index (χ3n) is 4.08. The van der Waals surface area contributed by atoms with E-state index in [1.54, 1.807) is 32.6 Å². The van der Waals surface area contributed by atoms with Gasteiger partial charge in [0.05, 0.1) is 24.9 Å². The zero-order valence-electron chi connectivity index (χ0n) is 15.1. The van der Waals surface area contributed by atoms with Crippen LogP contribution in [0.5, 0.6) is 11.5 Å². The largest absolute Gasteiger partial charge is 0.493 e. The molecule has 1 N–H and O–H groups in total. The molecule has 0 aliphatic rings. The molecule has 1 heterocycles. The Morgan fingerprint density at radius 3 is 2.59 bits per heavy atom.